The van der Waals surface area contributed by atoms with E-state index in [-0.39, 0.29) is 6.61 Å². The SMILES string of the molecule is CCCNC(C)c1cc(Br)ccc1N(CCO)C1CCC1. The molecule has 0 aliphatic heterocycles. The zero-order chi connectivity index (χ0) is 15.2. The van der Waals surface area contributed by atoms with Gasteiger partial charge in [-0.3, -0.25) is 0 Å². The highest BCUT2D eigenvalue weighted by Gasteiger charge is 2.27. The minimum atomic E-state index is 0.211. The summed E-state index contributed by atoms with van der Waals surface area (Å²) in [5.74, 6) is 0. The van der Waals surface area contributed by atoms with Crippen molar-refractivity contribution >= 4 is 21.6 Å². The van der Waals surface area contributed by atoms with E-state index >= 15 is 0 Å². The lowest BCUT2D eigenvalue weighted by atomic mass is 9.90. The number of rotatable bonds is 8. The number of anilines is 1. The Balaban J connectivity index is 2.27. The Kier molecular flexibility index (Phi) is 6.52. The van der Waals surface area contributed by atoms with Gasteiger partial charge in [-0.15, -0.1) is 0 Å². The smallest absolute Gasteiger partial charge is 0.0606 e. The van der Waals surface area contributed by atoms with Crippen molar-refractivity contribution in [3.05, 3.63) is 28.2 Å². The van der Waals surface area contributed by atoms with Gasteiger partial charge in [0.1, 0.15) is 0 Å². The summed E-state index contributed by atoms with van der Waals surface area (Å²) in [7, 11) is 0. The van der Waals surface area contributed by atoms with Crippen LogP contribution in [0.15, 0.2) is 22.7 Å². The van der Waals surface area contributed by atoms with E-state index in [1.54, 1.807) is 0 Å². The van der Waals surface area contributed by atoms with Gasteiger partial charge in [-0.25, -0.2) is 0 Å². The van der Waals surface area contributed by atoms with E-state index < -0.39 is 0 Å². The highest BCUT2D eigenvalue weighted by Crippen LogP contribution is 2.35. The van der Waals surface area contributed by atoms with E-state index in [9.17, 15) is 5.11 Å². The molecule has 1 unspecified atom stereocenters. The number of nitrogens with zero attached hydrogens (tertiary/aromatic N) is 1. The maximum absolute atomic E-state index is 9.43. The van der Waals surface area contributed by atoms with Crippen molar-refractivity contribution in [2.75, 3.05) is 24.6 Å². The van der Waals surface area contributed by atoms with Gasteiger partial charge in [-0.05, 0) is 62.9 Å². The lowest BCUT2D eigenvalue weighted by Crippen LogP contribution is -2.42. The van der Waals surface area contributed by atoms with Crippen LogP contribution in [0.2, 0.25) is 0 Å². The average Bonchev–Trinajstić information content (AvgIpc) is 2.42. The third-order valence-corrected chi connectivity index (χ3v) is 4.82. The van der Waals surface area contributed by atoms with Crippen LogP contribution in [-0.4, -0.2) is 30.8 Å². The lowest BCUT2D eigenvalue weighted by molar-refractivity contribution is 0.283. The Labute approximate surface area is 136 Å². The molecule has 2 rings (SSSR count). The van der Waals surface area contributed by atoms with Gasteiger partial charge >= 0.3 is 0 Å². The van der Waals surface area contributed by atoms with Crippen molar-refractivity contribution in [3.8, 4) is 0 Å². The quantitative estimate of drug-likeness (QED) is 0.743. The summed E-state index contributed by atoms with van der Waals surface area (Å²) in [6.45, 7) is 6.37. The third kappa shape index (κ3) is 4.21. The number of halogens is 1. The molecule has 0 heterocycles. The summed E-state index contributed by atoms with van der Waals surface area (Å²) < 4.78 is 1.11. The van der Waals surface area contributed by atoms with Crippen LogP contribution in [0.1, 0.15) is 51.1 Å². The zero-order valence-electron chi connectivity index (χ0n) is 13.1. The van der Waals surface area contributed by atoms with Crippen LogP contribution in [0, 0.1) is 0 Å². The van der Waals surface area contributed by atoms with Crippen molar-refractivity contribution in [2.24, 2.45) is 0 Å². The fourth-order valence-corrected chi connectivity index (χ4v) is 3.29. The summed E-state index contributed by atoms with van der Waals surface area (Å²) in [6, 6.07) is 7.42. The van der Waals surface area contributed by atoms with Crippen molar-refractivity contribution < 1.29 is 5.11 Å². The maximum atomic E-state index is 9.43. The predicted octanol–water partition coefficient (Wildman–Crippen LogP) is 3.86. The van der Waals surface area contributed by atoms with Crippen LogP contribution in [0.25, 0.3) is 0 Å². The van der Waals surface area contributed by atoms with Gasteiger partial charge in [0.05, 0.1) is 6.61 Å². The average molecular weight is 355 g/mol. The van der Waals surface area contributed by atoms with Crippen LogP contribution >= 0.6 is 15.9 Å². The van der Waals surface area contributed by atoms with Gasteiger partial charge in [-0.2, -0.15) is 0 Å². The van der Waals surface area contributed by atoms with E-state index in [1.165, 1.54) is 30.5 Å². The minimum absolute atomic E-state index is 0.211. The van der Waals surface area contributed by atoms with Crippen molar-refractivity contribution in [1.82, 2.24) is 5.32 Å². The molecular weight excluding hydrogens is 328 g/mol. The van der Waals surface area contributed by atoms with E-state index in [2.05, 4.69) is 58.2 Å². The molecule has 1 fully saturated rings. The van der Waals surface area contributed by atoms with Crippen LogP contribution in [0.3, 0.4) is 0 Å². The number of aliphatic hydroxyl groups excluding tert-OH is 1. The largest absolute Gasteiger partial charge is 0.395 e. The molecule has 21 heavy (non-hydrogen) atoms. The topological polar surface area (TPSA) is 35.5 Å². The fourth-order valence-electron chi connectivity index (χ4n) is 2.91. The van der Waals surface area contributed by atoms with Crippen LogP contribution in [-0.2, 0) is 0 Å². The van der Waals surface area contributed by atoms with E-state index in [1.807, 2.05) is 0 Å². The first kappa shape index (κ1) is 16.8. The Morgan fingerprint density at radius 3 is 2.76 bits per heavy atom. The molecule has 1 aromatic carbocycles. The molecular formula is C17H27BrN2O. The molecule has 1 atom stereocenters. The van der Waals surface area contributed by atoms with Gasteiger partial charge in [0.15, 0.2) is 0 Å². The summed E-state index contributed by atoms with van der Waals surface area (Å²) in [5, 5.41) is 13.0. The summed E-state index contributed by atoms with van der Waals surface area (Å²) in [6.07, 6.45) is 4.93. The predicted molar refractivity (Wildman–Crippen MR) is 92.9 cm³/mol. The Bertz CT molecular complexity index is 448. The minimum Gasteiger partial charge on any atom is -0.395 e. The molecule has 2 N–H and O–H groups in total. The van der Waals surface area contributed by atoms with Crippen LogP contribution < -0.4 is 10.2 Å². The Morgan fingerprint density at radius 2 is 2.19 bits per heavy atom. The highest BCUT2D eigenvalue weighted by molar-refractivity contribution is 9.10. The molecule has 1 aromatic rings. The molecule has 1 saturated carbocycles. The second-order valence-corrected chi connectivity index (χ2v) is 6.80. The number of nitrogens with one attached hydrogen (secondary N) is 1. The number of aliphatic hydroxyl groups is 1. The Morgan fingerprint density at radius 1 is 1.43 bits per heavy atom. The van der Waals surface area contributed by atoms with Gasteiger partial charge in [0, 0.05) is 28.8 Å². The second kappa shape index (κ2) is 8.16. The van der Waals surface area contributed by atoms with Crippen molar-refractivity contribution in [1.29, 1.82) is 0 Å². The Hall–Kier alpha value is -0.580. The molecule has 118 valence electrons. The van der Waals surface area contributed by atoms with Crippen LogP contribution in [0.4, 0.5) is 5.69 Å². The molecule has 0 radical (unpaired) electrons. The van der Waals surface area contributed by atoms with Gasteiger partial charge < -0.3 is 15.3 Å². The summed E-state index contributed by atoms with van der Waals surface area (Å²) in [4.78, 5) is 2.40. The molecule has 0 saturated heterocycles. The molecule has 4 heteroatoms. The normalized spacial score (nSPS) is 16.6. The zero-order valence-corrected chi connectivity index (χ0v) is 14.7. The fraction of sp³-hybridized carbons (Fsp3) is 0.647. The first-order valence-electron chi connectivity index (χ1n) is 8.07. The standard InChI is InChI=1S/C17H27BrN2O/c1-3-9-19-13(2)16-12-14(18)7-8-17(16)20(10-11-21)15-5-4-6-15/h7-8,12-13,15,19,21H,3-6,9-11H2,1-2H3. The first-order valence-corrected chi connectivity index (χ1v) is 8.87. The molecule has 1 aliphatic carbocycles. The summed E-state index contributed by atoms with van der Waals surface area (Å²) >= 11 is 3.59. The van der Waals surface area contributed by atoms with Crippen molar-refractivity contribution in [2.45, 2.75) is 51.6 Å². The van der Waals surface area contributed by atoms with E-state index in [0.717, 1.165) is 24.0 Å². The monoisotopic (exact) mass is 354 g/mol. The van der Waals surface area contributed by atoms with Crippen molar-refractivity contribution in [3.63, 3.8) is 0 Å². The first-order chi connectivity index (χ1) is 10.2. The maximum Gasteiger partial charge on any atom is 0.0606 e. The van der Waals surface area contributed by atoms with Gasteiger partial charge in [-0.1, -0.05) is 22.9 Å². The van der Waals surface area contributed by atoms with E-state index in [0.29, 0.717) is 12.1 Å². The van der Waals surface area contributed by atoms with Gasteiger partial charge in [0.2, 0.25) is 0 Å². The van der Waals surface area contributed by atoms with Crippen LogP contribution in [0.5, 0.6) is 0 Å². The number of hydrogen-bond acceptors (Lipinski definition) is 3. The molecule has 3 nitrogen and oxygen atoms in total. The number of benzene rings is 1. The lowest BCUT2D eigenvalue weighted by Gasteiger charge is -2.40. The highest BCUT2D eigenvalue weighted by atomic mass is 79.9. The van der Waals surface area contributed by atoms with E-state index in [4.69, 9.17) is 0 Å². The number of hydrogen-bond donors (Lipinski definition) is 2. The second-order valence-electron chi connectivity index (χ2n) is 5.88. The third-order valence-electron chi connectivity index (χ3n) is 4.32. The molecule has 0 amide bonds. The summed E-state index contributed by atoms with van der Waals surface area (Å²) in [5.41, 5.74) is 2.59. The molecule has 0 aromatic heterocycles. The molecule has 0 bridgehead atoms. The molecule has 0 spiro atoms. The molecule has 1 aliphatic rings. The van der Waals surface area contributed by atoms with Gasteiger partial charge in [0.25, 0.3) is 0 Å².